The van der Waals surface area contributed by atoms with Crippen LogP contribution in [0.4, 0.5) is 0 Å². The first kappa shape index (κ1) is 37.1. The number of nitrogens with one attached hydrogen (secondary N) is 2. The third kappa shape index (κ3) is 12.1. The summed E-state index contributed by atoms with van der Waals surface area (Å²) in [5.41, 5.74) is 4.60. The molecule has 7 nitrogen and oxygen atoms in total. The summed E-state index contributed by atoms with van der Waals surface area (Å²) in [7, 11) is 2.01. The molecule has 260 valence electrons. The second-order valence-electron chi connectivity index (χ2n) is 14.9. The predicted octanol–water partition coefficient (Wildman–Crippen LogP) is 6.74. The van der Waals surface area contributed by atoms with Gasteiger partial charge in [-0.1, -0.05) is 108 Å². The van der Waals surface area contributed by atoms with Crippen LogP contribution in [0.5, 0.6) is 5.75 Å². The number of ether oxygens (including phenoxy) is 1. The monoisotopic (exact) mass is 654 g/mol. The molecule has 1 saturated heterocycles. The Hall–Kier alpha value is -3.68. The minimum Gasteiger partial charge on any atom is -0.489 e. The van der Waals surface area contributed by atoms with Crippen molar-refractivity contribution in [3.63, 3.8) is 0 Å². The maximum absolute atomic E-state index is 14.0. The molecule has 4 rings (SSSR count). The smallest absolute Gasteiger partial charge is 0.242 e. The van der Waals surface area contributed by atoms with Gasteiger partial charge in [-0.05, 0) is 85.1 Å². The van der Waals surface area contributed by atoms with Gasteiger partial charge in [-0.25, -0.2) is 0 Å². The van der Waals surface area contributed by atoms with Crippen molar-refractivity contribution in [1.82, 2.24) is 20.4 Å². The minimum atomic E-state index is -0.691. The summed E-state index contributed by atoms with van der Waals surface area (Å²) in [6.45, 7) is 15.6. The van der Waals surface area contributed by atoms with E-state index in [1.54, 1.807) is 0 Å². The Morgan fingerprint density at radius 3 is 2.10 bits per heavy atom. The molecule has 1 heterocycles. The van der Waals surface area contributed by atoms with Crippen LogP contribution in [-0.4, -0.2) is 66.9 Å². The van der Waals surface area contributed by atoms with E-state index in [1.165, 1.54) is 24.8 Å². The lowest BCUT2D eigenvalue weighted by molar-refractivity contribution is -0.132. The molecule has 7 heteroatoms. The summed E-state index contributed by atoms with van der Waals surface area (Å²) >= 11 is 0. The molecule has 48 heavy (non-hydrogen) atoms. The zero-order valence-electron chi connectivity index (χ0n) is 30.1. The SMILES string of the molecule is CC(C)C[C@@H](C(=O)N[C@@H](Cc1ccc(OCc2ccccc2)cc1)C(=O)NCCN1CCCCC1)N(C)Cc1ccc(C(C)(C)C)cc1. The summed E-state index contributed by atoms with van der Waals surface area (Å²) in [5.74, 6) is 0.819. The van der Waals surface area contributed by atoms with Crippen molar-refractivity contribution < 1.29 is 14.3 Å². The molecule has 0 bridgehead atoms. The molecule has 1 aliphatic heterocycles. The molecule has 0 saturated carbocycles. The fraction of sp³-hybridized carbons (Fsp3) is 0.512. The topological polar surface area (TPSA) is 73.9 Å². The normalized spacial score (nSPS) is 15.2. The average molecular weight is 655 g/mol. The highest BCUT2D eigenvalue weighted by Gasteiger charge is 2.29. The van der Waals surface area contributed by atoms with Gasteiger partial charge < -0.3 is 20.3 Å². The second-order valence-corrected chi connectivity index (χ2v) is 14.9. The summed E-state index contributed by atoms with van der Waals surface area (Å²) < 4.78 is 5.98. The first-order valence-electron chi connectivity index (χ1n) is 17.8. The highest BCUT2D eigenvalue weighted by atomic mass is 16.5. The molecule has 3 aromatic carbocycles. The Morgan fingerprint density at radius 2 is 1.48 bits per heavy atom. The number of piperidine rings is 1. The van der Waals surface area contributed by atoms with Crippen LogP contribution in [0.25, 0.3) is 0 Å². The zero-order chi connectivity index (χ0) is 34.5. The van der Waals surface area contributed by atoms with E-state index in [0.29, 0.717) is 38.5 Å². The van der Waals surface area contributed by atoms with E-state index in [-0.39, 0.29) is 23.3 Å². The molecule has 1 fully saturated rings. The van der Waals surface area contributed by atoms with Gasteiger partial charge in [-0.2, -0.15) is 0 Å². The number of carbonyl (C=O) groups is 2. The van der Waals surface area contributed by atoms with E-state index in [0.717, 1.165) is 42.1 Å². The molecular formula is C41H58N4O3. The maximum atomic E-state index is 14.0. The molecule has 3 aromatic rings. The van der Waals surface area contributed by atoms with Crippen LogP contribution in [0.2, 0.25) is 0 Å². The van der Waals surface area contributed by atoms with E-state index in [1.807, 2.05) is 61.6 Å². The van der Waals surface area contributed by atoms with Gasteiger partial charge in [-0.3, -0.25) is 14.5 Å². The van der Waals surface area contributed by atoms with Crippen molar-refractivity contribution in [2.24, 2.45) is 5.92 Å². The number of likely N-dealkylation sites (tertiary alicyclic amines) is 1. The number of hydrogen-bond acceptors (Lipinski definition) is 5. The van der Waals surface area contributed by atoms with Crippen molar-refractivity contribution >= 4 is 11.8 Å². The predicted molar refractivity (Wildman–Crippen MR) is 196 cm³/mol. The van der Waals surface area contributed by atoms with Crippen LogP contribution in [0.3, 0.4) is 0 Å². The lowest BCUT2D eigenvalue weighted by Gasteiger charge is -2.31. The lowest BCUT2D eigenvalue weighted by Crippen LogP contribution is -2.54. The summed E-state index contributed by atoms with van der Waals surface area (Å²) in [4.78, 5) is 32.2. The Kier molecular flexibility index (Phi) is 14.1. The summed E-state index contributed by atoms with van der Waals surface area (Å²) in [6.07, 6.45) is 4.79. The Balaban J connectivity index is 1.44. The standard InChI is InChI=1S/C41H58N4O3/c1-31(2)27-38(44(6)29-33-15-19-35(20-16-33)41(3,4)5)40(47)43-37(39(46)42-23-26-45-24-11-8-12-25-45)28-32-17-21-36(22-18-32)48-30-34-13-9-7-10-14-34/h7,9-10,13-22,31,37-38H,8,11-12,23-30H2,1-6H3,(H,42,46)(H,43,47)/t37-,38-/m0/s1. The summed E-state index contributed by atoms with van der Waals surface area (Å²) in [5, 5.41) is 6.32. The van der Waals surface area contributed by atoms with Gasteiger partial charge in [0.2, 0.25) is 11.8 Å². The van der Waals surface area contributed by atoms with E-state index in [4.69, 9.17) is 4.74 Å². The number of nitrogens with zero attached hydrogens (tertiary/aromatic N) is 2. The third-order valence-corrected chi connectivity index (χ3v) is 9.20. The molecule has 2 N–H and O–H groups in total. The van der Waals surface area contributed by atoms with Crippen LogP contribution >= 0.6 is 0 Å². The van der Waals surface area contributed by atoms with E-state index in [9.17, 15) is 9.59 Å². The van der Waals surface area contributed by atoms with E-state index < -0.39 is 6.04 Å². The lowest BCUT2D eigenvalue weighted by atomic mass is 9.86. The highest BCUT2D eigenvalue weighted by molar-refractivity contribution is 5.90. The fourth-order valence-corrected chi connectivity index (χ4v) is 6.26. The van der Waals surface area contributed by atoms with Crippen molar-refractivity contribution in [1.29, 1.82) is 0 Å². The number of hydrogen-bond donors (Lipinski definition) is 2. The molecule has 0 aromatic heterocycles. The molecule has 0 radical (unpaired) electrons. The largest absolute Gasteiger partial charge is 0.489 e. The number of amides is 2. The van der Waals surface area contributed by atoms with Crippen LogP contribution in [0.1, 0.15) is 82.6 Å². The Bertz CT molecular complexity index is 1390. The van der Waals surface area contributed by atoms with Crippen molar-refractivity contribution in [2.75, 3.05) is 33.2 Å². The van der Waals surface area contributed by atoms with Gasteiger partial charge in [0.05, 0.1) is 6.04 Å². The minimum absolute atomic E-state index is 0.0867. The number of carbonyl (C=O) groups excluding carboxylic acids is 2. The number of benzene rings is 3. The molecule has 0 spiro atoms. The first-order chi connectivity index (χ1) is 23.0. The second kappa shape index (κ2) is 18.2. The Morgan fingerprint density at radius 1 is 0.833 bits per heavy atom. The first-order valence-corrected chi connectivity index (χ1v) is 17.8. The zero-order valence-corrected chi connectivity index (χ0v) is 30.1. The molecular weight excluding hydrogens is 596 g/mol. The highest BCUT2D eigenvalue weighted by Crippen LogP contribution is 2.23. The number of rotatable bonds is 16. The van der Waals surface area contributed by atoms with Gasteiger partial charge in [-0.15, -0.1) is 0 Å². The fourth-order valence-electron chi connectivity index (χ4n) is 6.26. The van der Waals surface area contributed by atoms with Crippen molar-refractivity contribution in [2.45, 2.75) is 97.4 Å². The average Bonchev–Trinajstić information content (AvgIpc) is 3.07. The van der Waals surface area contributed by atoms with Gasteiger partial charge in [0.1, 0.15) is 18.4 Å². The molecule has 2 atom stereocenters. The van der Waals surface area contributed by atoms with Crippen molar-refractivity contribution in [3.05, 3.63) is 101 Å². The molecule has 0 unspecified atom stereocenters. The third-order valence-electron chi connectivity index (χ3n) is 9.20. The van der Waals surface area contributed by atoms with Crippen LogP contribution in [-0.2, 0) is 34.6 Å². The van der Waals surface area contributed by atoms with Crippen molar-refractivity contribution in [3.8, 4) is 5.75 Å². The molecule has 0 aliphatic carbocycles. The van der Waals surface area contributed by atoms with E-state index in [2.05, 4.69) is 79.3 Å². The van der Waals surface area contributed by atoms with Gasteiger partial charge in [0, 0.05) is 26.1 Å². The Labute approximate surface area is 289 Å². The van der Waals surface area contributed by atoms with Gasteiger partial charge >= 0.3 is 0 Å². The maximum Gasteiger partial charge on any atom is 0.242 e. The summed E-state index contributed by atoms with van der Waals surface area (Å²) in [6, 6.07) is 25.5. The molecule has 1 aliphatic rings. The quantitative estimate of drug-likeness (QED) is 0.179. The molecule has 2 amide bonds. The van der Waals surface area contributed by atoms with Gasteiger partial charge in [0.15, 0.2) is 0 Å². The van der Waals surface area contributed by atoms with Crippen LogP contribution < -0.4 is 15.4 Å². The van der Waals surface area contributed by atoms with E-state index >= 15 is 0 Å². The van der Waals surface area contributed by atoms with Crippen LogP contribution in [0.15, 0.2) is 78.9 Å². The number of likely N-dealkylation sites (N-methyl/N-ethyl adjacent to an activating group) is 1. The van der Waals surface area contributed by atoms with Gasteiger partial charge in [0.25, 0.3) is 0 Å². The van der Waals surface area contributed by atoms with Crippen LogP contribution in [0, 0.1) is 5.92 Å².